The van der Waals surface area contributed by atoms with Gasteiger partial charge in [0.15, 0.2) is 0 Å². The number of carbonyl (C=O) groups excluding carboxylic acids is 1. The Kier molecular flexibility index (Phi) is 5.23. The molecule has 1 saturated heterocycles. The molecule has 1 fully saturated rings. The van der Waals surface area contributed by atoms with E-state index in [4.69, 9.17) is 11.6 Å². The lowest BCUT2D eigenvalue weighted by atomic mass is 10.2. The molecule has 5 nitrogen and oxygen atoms in total. The number of halogens is 1. The SMILES string of the molecule is O=C(c1cncn1-c1ccccc1)N1CCN(Cc2ccc(Cl)cc2)CC1. The summed E-state index contributed by atoms with van der Waals surface area (Å²) < 4.78 is 1.85. The molecule has 0 radical (unpaired) electrons. The lowest BCUT2D eigenvalue weighted by Gasteiger charge is -2.34. The van der Waals surface area contributed by atoms with Crippen LogP contribution in [0.5, 0.6) is 0 Å². The molecule has 6 heteroatoms. The van der Waals surface area contributed by atoms with Gasteiger partial charge in [-0.3, -0.25) is 14.3 Å². The average molecular weight is 381 g/mol. The Hall–Kier alpha value is -2.63. The summed E-state index contributed by atoms with van der Waals surface area (Å²) >= 11 is 5.95. The molecule has 0 bridgehead atoms. The standard InChI is InChI=1S/C21H21ClN4O/c22-18-8-6-17(7-9-18)15-24-10-12-25(13-11-24)21(27)20-14-23-16-26(20)19-4-2-1-3-5-19/h1-9,14,16H,10-13,15H2. The Morgan fingerprint density at radius 3 is 2.37 bits per heavy atom. The summed E-state index contributed by atoms with van der Waals surface area (Å²) in [6.45, 7) is 4.02. The maximum atomic E-state index is 13.0. The molecule has 27 heavy (non-hydrogen) atoms. The topological polar surface area (TPSA) is 41.4 Å². The van der Waals surface area contributed by atoms with E-state index in [1.807, 2.05) is 51.9 Å². The fourth-order valence-corrected chi connectivity index (χ4v) is 3.49. The highest BCUT2D eigenvalue weighted by Gasteiger charge is 2.24. The lowest BCUT2D eigenvalue weighted by molar-refractivity contribution is 0.0620. The van der Waals surface area contributed by atoms with Gasteiger partial charge in [0.2, 0.25) is 0 Å². The predicted octanol–water partition coefficient (Wildman–Crippen LogP) is 3.48. The number of amides is 1. The number of nitrogens with zero attached hydrogens (tertiary/aromatic N) is 4. The monoisotopic (exact) mass is 380 g/mol. The number of aromatic nitrogens is 2. The van der Waals surface area contributed by atoms with Crippen molar-refractivity contribution in [2.24, 2.45) is 0 Å². The van der Waals surface area contributed by atoms with Gasteiger partial charge in [0, 0.05) is 43.4 Å². The highest BCUT2D eigenvalue weighted by Crippen LogP contribution is 2.16. The van der Waals surface area contributed by atoms with Gasteiger partial charge in [-0.25, -0.2) is 4.98 Å². The summed E-state index contributed by atoms with van der Waals surface area (Å²) in [5.41, 5.74) is 2.79. The van der Waals surface area contributed by atoms with E-state index in [1.54, 1.807) is 12.5 Å². The van der Waals surface area contributed by atoms with E-state index in [2.05, 4.69) is 22.0 Å². The van der Waals surface area contributed by atoms with E-state index in [9.17, 15) is 4.79 Å². The quantitative estimate of drug-likeness (QED) is 0.695. The van der Waals surface area contributed by atoms with Crippen molar-refractivity contribution in [1.82, 2.24) is 19.4 Å². The third-order valence-corrected chi connectivity index (χ3v) is 5.12. The molecule has 1 aromatic heterocycles. The van der Waals surface area contributed by atoms with Gasteiger partial charge in [-0.1, -0.05) is 41.9 Å². The van der Waals surface area contributed by atoms with E-state index in [1.165, 1.54) is 5.56 Å². The van der Waals surface area contributed by atoms with Crippen molar-refractivity contribution in [2.75, 3.05) is 26.2 Å². The first-order chi connectivity index (χ1) is 13.2. The number of rotatable bonds is 4. The van der Waals surface area contributed by atoms with Crippen LogP contribution in [-0.4, -0.2) is 51.4 Å². The van der Waals surface area contributed by atoms with E-state index >= 15 is 0 Å². The zero-order valence-corrected chi connectivity index (χ0v) is 15.7. The number of para-hydroxylation sites is 1. The Morgan fingerprint density at radius 1 is 0.963 bits per heavy atom. The van der Waals surface area contributed by atoms with Crippen LogP contribution in [0.25, 0.3) is 5.69 Å². The molecule has 4 rings (SSSR count). The van der Waals surface area contributed by atoms with Gasteiger partial charge >= 0.3 is 0 Å². The van der Waals surface area contributed by atoms with Crippen LogP contribution in [0.3, 0.4) is 0 Å². The molecular weight excluding hydrogens is 360 g/mol. The van der Waals surface area contributed by atoms with Crippen molar-refractivity contribution in [2.45, 2.75) is 6.54 Å². The Bertz CT molecular complexity index is 899. The molecule has 1 aliphatic heterocycles. The van der Waals surface area contributed by atoms with Crippen LogP contribution in [0, 0.1) is 0 Å². The van der Waals surface area contributed by atoms with Gasteiger partial charge in [-0.15, -0.1) is 0 Å². The summed E-state index contributed by atoms with van der Waals surface area (Å²) in [7, 11) is 0. The molecule has 0 N–H and O–H groups in total. The molecule has 0 aliphatic carbocycles. The van der Waals surface area contributed by atoms with E-state index in [0.717, 1.165) is 30.3 Å². The Morgan fingerprint density at radius 2 is 1.67 bits per heavy atom. The molecular formula is C21H21ClN4O. The average Bonchev–Trinajstić information content (AvgIpc) is 3.20. The number of hydrogen-bond donors (Lipinski definition) is 0. The molecule has 138 valence electrons. The fourth-order valence-electron chi connectivity index (χ4n) is 3.37. The van der Waals surface area contributed by atoms with Crippen LogP contribution in [-0.2, 0) is 6.54 Å². The summed E-state index contributed by atoms with van der Waals surface area (Å²) in [5.74, 6) is 0.0301. The van der Waals surface area contributed by atoms with Crippen LogP contribution in [0.15, 0.2) is 67.1 Å². The van der Waals surface area contributed by atoms with Crippen molar-refractivity contribution < 1.29 is 4.79 Å². The van der Waals surface area contributed by atoms with Crippen LogP contribution in [0.1, 0.15) is 16.1 Å². The number of benzene rings is 2. The normalized spacial score (nSPS) is 15.1. The minimum atomic E-state index is 0.0301. The van der Waals surface area contributed by atoms with Crippen molar-refractivity contribution >= 4 is 17.5 Å². The predicted molar refractivity (Wildman–Crippen MR) is 106 cm³/mol. The van der Waals surface area contributed by atoms with Crippen LogP contribution < -0.4 is 0 Å². The second kappa shape index (κ2) is 7.94. The van der Waals surface area contributed by atoms with Gasteiger partial charge in [-0.05, 0) is 29.8 Å². The van der Waals surface area contributed by atoms with E-state index in [0.29, 0.717) is 18.8 Å². The van der Waals surface area contributed by atoms with Gasteiger partial charge < -0.3 is 4.90 Å². The maximum absolute atomic E-state index is 13.0. The number of imidazole rings is 1. The first-order valence-electron chi connectivity index (χ1n) is 9.04. The van der Waals surface area contributed by atoms with Crippen LogP contribution >= 0.6 is 11.6 Å². The van der Waals surface area contributed by atoms with Gasteiger partial charge in [-0.2, -0.15) is 0 Å². The van der Waals surface area contributed by atoms with Crippen LogP contribution in [0.2, 0.25) is 5.02 Å². The Balaban J connectivity index is 1.39. The van der Waals surface area contributed by atoms with Crippen molar-refractivity contribution in [3.05, 3.63) is 83.4 Å². The second-order valence-electron chi connectivity index (χ2n) is 6.68. The molecule has 0 unspecified atom stereocenters. The summed E-state index contributed by atoms with van der Waals surface area (Å²) in [4.78, 5) is 21.5. The van der Waals surface area contributed by atoms with Gasteiger partial charge in [0.1, 0.15) is 5.69 Å². The number of hydrogen-bond acceptors (Lipinski definition) is 3. The first kappa shape index (κ1) is 17.8. The summed E-state index contributed by atoms with van der Waals surface area (Å²) in [6.07, 6.45) is 3.34. The third-order valence-electron chi connectivity index (χ3n) is 4.87. The molecule has 3 aromatic rings. The van der Waals surface area contributed by atoms with Crippen molar-refractivity contribution in [1.29, 1.82) is 0 Å². The van der Waals surface area contributed by atoms with E-state index in [-0.39, 0.29) is 5.91 Å². The molecule has 2 heterocycles. The number of piperazine rings is 1. The summed E-state index contributed by atoms with van der Waals surface area (Å²) in [6, 6.07) is 17.8. The van der Waals surface area contributed by atoms with Crippen molar-refractivity contribution in [3.8, 4) is 5.69 Å². The molecule has 1 aliphatic rings. The second-order valence-corrected chi connectivity index (χ2v) is 7.12. The highest BCUT2D eigenvalue weighted by atomic mass is 35.5. The highest BCUT2D eigenvalue weighted by molar-refractivity contribution is 6.30. The van der Waals surface area contributed by atoms with Gasteiger partial charge in [0.05, 0.1) is 12.5 Å². The van der Waals surface area contributed by atoms with E-state index < -0.39 is 0 Å². The molecule has 0 spiro atoms. The smallest absolute Gasteiger partial charge is 0.272 e. The minimum Gasteiger partial charge on any atom is -0.335 e. The van der Waals surface area contributed by atoms with Crippen LogP contribution in [0.4, 0.5) is 0 Å². The largest absolute Gasteiger partial charge is 0.335 e. The molecule has 0 atom stereocenters. The first-order valence-corrected chi connectivity index (χ1v) is 9.42. The third kappa shape index (κ3) is 4.04. The molecule has 2 aromatic carbocycles. The Labute approximate surface area is 163 Å². The van der Waals surface area contributed by atoms with Gasteiger partial charge in [0.25, 0.3) is 5.91 Å². The van der Waals surface area contributed by atoms with Crippen molar-refractivity contribution in [3.63, 3.8) is 0 Å². The molecule has 1 amide bonds. The summed E-state index contributed by atoms with van der Waals surface area (Å²) in [5, 5.41) is 0.754. The zero-order chi connectivity index (χ0) is 18.6. The minimum absolute atomic E-state index is 0.0301. The maximum Gasteiger partial charge on any atom is 0.272 e. The number of carbonyl (C=O) groups is 1. The molecule has 0 saturated carbocycles. The fraction of sp³-hybridized carbons (Fsp3) is 0.238. The lowest BCUT2D eigenvalue weighted by Crippen LogP contribution is -2.48. The zero-order valence-electron chi connectivity index (χ0n) is 15.0.